The summed E-state index contributed by atoms with van der Waals surface area (Å²) in [7, 11) is 0. The Bertz CT molecular complexity index is 912. The Labute approximate surface area is 159 Å². The molecule has 0 spiro atoms. The van der Waals surface area contributed by atoms with Gasteiger partial charge in [0.2, 0.25) is 11.8 Å². The Hall–Kier alpha value is -2.13. The van der Waals surface area contributed by atoms with Gasteiger partial charge in [0.1, 0.15) is 11.6 Å². The highest BCUT2D eigenvalue weighted by Gasteiger charge is 2.30. The molecule has 9 heteroatoms. The van der Waals surface area contributed by atoms with Gasteiger partial charge in [-0.05, 0) is 31.2 Å². The summed E-state index contributed by atoms with van der Waals surface area (Å²) in [5.74, 6) is 3.21. The number of aromatic nitrogens is 4. The summed E-state index contributed by atoms with van der Waals surface area (Å²) in [4.78, 5) is 16.8. The molecule has 3 heterocycles. The van der Waals surface area contributed by atoms with Crippen molar-refractivity contribution in [3.05, 3.63) is 34.8 Å². The van der Waals surface area contributed by atoms with Crippen LogP contribution in [0.2, 0.25) is 0 Å². The summed E-state index contributed by atoms with van der Waals surface area (Å²) < 4.78 is 7.82. The predicted molar refractivity (Wildman–Crippen MR) is 99.9 cm³/mol. The van der Waals surface area contributed by atoms with Gasteiger partial charge in [-0.25, -0.2) is 4.98 Å². The first kappa shape index (κ1) is 17.3. The lowest BCUT2D eigenvalue weighted by Crippen LogP contribution is -2.15. The molecule has 0 unspecified atom stereocenters. The minimum absolute atomic E-state index is 0.289. The van der Waals surface area contributed by atoms with Gasteiger partial charge in [-0.15, -0.1) is 21.5 Å². The lowest BCUT2D eigenvalue weighted by atomic mass is 10.3. The van der Waals surface area contributed by atoms with Crippen LogP contribution in [0.3, 0.4) is 0 Å². The highest BCUT2D eigenvalue weighted by Crippen LogP contribution is 2.40. The average molecular weight is 390 g/mol. The molecular weight excluding hydrogens is 370 g/mol. The monoisotopic (exact) mass is 389 g/mol. The molecule has 3 aromatic heterocycles. The SMILES string of the molecule is Cc1oc(-c2cccs2)nc1CSc1nnc(C2CC2)n1CCC(N)=O. The Kier molecular flexibility index (Phi) is 4.82. The van der Waals surface area contributed by atoms with Crippen LogP contribution in [-0.4, -0.2) is 25.7 Å². The largest absolute Gasteiger partial charge is 0.440 e. The normalized spacial score (nSPS) is 14.0. The van der Waals surface area contributed by atoms with Crippen LogP contribution in [0.4, 0.5) is 0 Å². The number of thiophene rings is 1. The molecule has 3 aromatic rings. The van der Waals surface area contributed by atoms with Crippen LogP contribution < -0.4 is 5.73 Å². The van der Waals surface area contributed by atoms with Gasteiger partial charge in [0.05, 0.1) is 10.6 Å². The van der Waals surface area contributed by atoms with E-state index in [1.54, 1.807) is 23.1 Å². The number of primary amides is 1. The smallest absolute Gasteiger partial charge is 0.236 e. The van der Waals surface area contributed by atoms with Crippen LogP contribution in [0.25, 0.3) is 10.8 Å². The number of amides is 1. The van der Waals surface area contributed by atoms with E-state index in [1.165, 1.54) is 0 Å². The van der Waals surface area contributed by atoms with E-state index in [4.69, 9.17) is 10.2 Å². The van der Waals surface area contributed by atoms with E-state index in [1.807, 2.05) is 29.0 Å². The minimum Gasteiger partial charge on any atom is -0.440 e. The maximum Gasteiger partial charge on any atom is 0.236 e. The zero-order valence-corrected chi connectivity index (χ0v) is 16.0. The van der Waals surface area contributed by atoms with Crippen LogP contribution in [0.15, 0.2) is 27.1 Å². The lowest BCUT2D eigenvalue weighted by molar-refractivity contribution is -0.118. The number of carbonyl (C=O) groups excluding carboxylic acids is 1. The first-order valence-electron chi connectivity index (χ1n) is 8.46. The summed E-state index contributed by atoms with van der Waals surface area (Å²) in [5, 5.41) is 11.5. The van der Waals surface area contributed by atoms with Gasteiger partial charge in [0.25, 0.3) is 0 Å². The fourth-order valence-corrected chi connectivity index (χ4v) is 4.30. The number of hydrogen-bond donors (Lipinski definition) is 1. The molecule has 1 amide bonds. The maximum atomic E-state index is 11.2. The number of hydrogen-bond acceptors (Lipinski definition) is 7. The highest BCUT2D eigenvalue weighted by atomic mass is 32.2. The first-order valence-corrected chi connectivity index (χ1v) is 10.3. The van der Waals surface area contributed by atoms with Crippen molar-refractivity contribution in [3.8, 4) is 10.8 Å². The van der Waals surface area contributed by atoms with Gasteiger partial charge in [-0.2, -0.15) is 0 Å². The molecule has 1 saturated carbocycles. The molecule has 0 atom stereocenters. The van der Waals surface area contributed by atoms with Crippen molar-refractivity contribution in [1.82, 2.24) is 19.7 Å². The minimum atomic E-state index is -0.315. The van der Waals surface area contributed by atoms with Crippen molar-refractivity contribution in [2.24, 2.45) is 5.73 Å². The number of oxazole rings is 1. The molecule has 0 aromatic carbocycles. The lowest BCUT2D eigenvalue weighted by Gasteiger charge is -2.08. The maximum absolute atomic E-state index is 11.2. The average Bonchev–Trinajstić information content (AvgIpc) is 3.03. The second-order valence-electron chi connectivity index (χ2n) is 6.27. The van der Waals surface area contributed by atoms with E-state index in [2.05, 4.69) is 15.2 Å². The van der Waals surface area contributed by atoms with Crippen molar-refractivity contribution in [2.75, 3.05) is 0 Å². The Balaban J connectivity index is 1.50. The summed E-state index contributed by atoms with van der Waals surface area (Å²) in [6.07, 6.45) is 2.55. The molecule has 1 aliphatic rings. The Morgan fingerprint density at radius 3 is 3.00 bits per heavy atom. The first-order chi connectivity index (χ1) is 12.6. The molecule has 7 nitrogen and oxygen atoms in total. The molecule has 0 bridgehead atoms. The van der Waals surface area contributed by atoms with E-state index < -0.39 is 0 Å². The summed E-state index contributed by atoms with van der Waals surface area (Å²) in [6.45, 7) is 2.45. The summed E-state index contributed by atoms with van der Waals surface area (Å²) >= 11 is 3.17. The second-order valence-corrected chi connectivity index (χ2v) is 8.16. The summed E-state index contributed by atoms with van der Waals surface area (Å²) in [5.41, 5.74) is 6.21. The molecule has 1 aliphatic carbocycles. The molecule has 0 radical (unpaired) electrons. The van der Waals surface area contributed by atoms with Gasteiger partial charge in [0, 0.05) is 24.6 Å². The van der Waals surface area contributed by atoms with Crippen LogP contribution in [0.1, 0.15) is 42.5 Å². The Morgan fingerprint density at radius 2 is 2.31 bits per heavy atom. The molecule has 2 N–H and O–H groups in total. The number of carbonyl (C=O) groups is 1. The van der Waals surface area contributed by atoms with Crippen LogP contribution in [-0.2, 0) is 17.1 Å². The van der Waals surface area contributed by atoms with Crippen molar-refractivity contribution in [3.63, 3.8) is 0 Å². The number of aryl methyl sites for hydroxylation is 1. The third kappa shape index (κ3) is 3.68. The molecular formula is C17H19N5O2S2. The Morgan fingerprint density at radius 1 is 1.46 bits per heavy atom. The predicted octanol–water partition coefficient (Wildman–Crippen LogP) is 3.35. The van der Waals surface area contributed by atoms with Crippen LogP contribution >= 0.6 is 23.1 Å². The molecule has 136 valence electrons. The van der Waals surface area contributed by atoms with Gasteiger partial charge >= 0.3 is 0 Å². The molecule has 0 aliphatic heterocycles. The number of nitrogens with zero attached hydrogens (tertiary/aromatic N) is 4. The van der Waals surface area contributed by atoms with E-state index >= 15 is 0 Å². The van der Waals surface area contributed by atoms with E-state index in [-0.39, 0.29) is 12.3 Å². The molecule has 1 fully saturated rings. The van der Waals surface area contributed by atoms with Gasteiger partial charge in [0.15, 0.2) is 5.16 Å². The van der Waals surface area contributed by atoms with Crippen LogP contribution in [0.5, 0.6) is 0 Å². The third-order valence-corrected chi connectivity index (χ3v) is 6.07. The van der Waals surface area contributed by atoms with Gasteiger partial charge in [-0.1, -0.05) is 17.8 Å². The highest BCUT2D eigenvalue weighted by molar-refractivity contribution is 7.98. The number of thioether (sulfide) groups is 1. The van der Waals surface area contributed by atoms with Gasteiger partial charge < -0.3 is 14.7 Å². The zero-order chi connectivity index (χ0) is 18.1. The van der Waals surface area contributed by atoms with E-state index in [0.717, 1.165) is 40.2 Å². The molecule has 26 heavy (non-hydrogen) atoms. The zero-order valence-electron chi connectivity index (χ0n) is 14.3. The summed E-state index contributed by atoms with van der Waals surface area (Å²) in [6, 6.07) is 3.98. The van der Waals surface area contributed by atoms with Crippen molar-refractivity contribution >= 4 is 29.0 Å². The van der Waals surface area contributed by atoms with Crippen LogP contribution in [0, 0.1) is 6.92 Å². The second kappa shape index (κ2) is 7.24. The fourth-order valence-electron chi connectivity index (χ4n) is 2.68. The standard InChI is InChI=1S/C17H19N5O2S2/c1-10-12(19-16(24-10)13-3-2-8-25-13)9-26-17-21-20-15(11-4-5-11)22(17)7-6-14(18)23/h2-3,8,11H,4-7,9H2,1H3,(H2,18,23). The van der Waals surface area contributed by atoms with E-state index in [9.17, 15) is 4.79 Å². The van der Waals surface area contributed by atoms with E-state index in [0.29, 0.717) is 24.1 Å². The molecule has 4 rings (SSSR count). The number of nitrogens with two attached hydrogens (primary N) is 1. The topological polar surface area (TPSA) is 99.8 Å². The fraction of sp³-hybridized carbons (Fsp3) is 0.412. The third-order valence-electron chi connectivity index (χ3n) is 4.23. The van der Waals surface area contributed by atoms with Crippen molar-refractivity contribution in [2.45, 2.75) is 49.6 Å². The van der Waals surface area contributed by atoms with Crippen molar-refractivity contribution in [1.29, 1.82) is 0 Å². The quantitative estimate of drug-likeness (QED) is 0.593. The van der Waals surface area contributed by atoms with Crippen molar-refractivity contribution < 1.29 is 9.21 Å². The van der Waals surface area contributed by atoms with Gasteiger partial charge in [-0.3, -0.25) is 4.79 Å². The number of rotatable bonds is 8. The molecule has 0 saturated heterocycles.